The maximum absolute atomic E-state index is 13.7. The summed E-state index contributed by atoms with van der Waals surface area (Å²) in [7, 11) is -2.77. The van der Waals surface area contributed by atoms with Crippen LogP contribution in [0, 0.1) is 0 Å². The molecule has 0 bridgehead atoms. The zero-order valence-electron chi connectivity index (χ0n) is 25.1. The van der Waals surface area contributed by atoms with Crippen molar-refractivity contribution in [1.82, 2.24) is 0 Å². The highest BCUT2D eigenvalue weighted by Gasteiger charge is 2.32. The molecule has 0 aliphatic heterocycles. The lowest BCUT2D eigenvalue weighted by Crippen LogP contribution is -2.17. The Balaban J connectivity index is 1.77. The second-order valence-corrected chi connectivity index (χ2v) is 13.1. The van der Waals surface area contributed by atoms with Gasteiger partial charge in [-0.2, -0.15) is 8.42 Å². The van der Waals surface area contributed by atoms with Crippen LogP contribution in [-0.2, 0) is 45.1 Å². The number of hydrogen-bond donors (Lipinski definition) is 5. The molecule has 0 aromatic heterocycles. The Bertz CT molecular complexity index is 2290. The Morgan fingerprint density at radius 1 is 0.783 bits per heavy atom. The number of aliphatic hydroxyl groups excluding tert-OH is 3. The molecule has 46 heavy (non-hydrogen) atoms. The van der Waals surface area contributed by atoms with Crippen molar-refractivity contribution in [3.05, 3.63) is 66.0 Å². The van der Waals surface area contributed by atoms with Gasteiger partial charge in [-0.05, 0) is 70.1 Å². The van der Waals surface area contributed by atoms with Crippen molar-refractivity contribution in [2.45, 2.75) is 33.0 Å². The number of hydrogen-bond acceptors (Lipinski definition) is 12. The van der Waals surface area contributed by atoms with Crippen LogP contribution < -0.4 is 15.6 Å². The molecular weight excluding hydrogens is 620 g/mol. The number of ether oxygens (including phenoxy) is 2. The lowest BCUT2D eigenvalue weighted by molar-refractivity contribution is 0.0719. The predicted octanol–water partition coefficient (Wildman–Crippen LogP) is 2.16. The van der Waals surface area contributed by atoms with Crippen LogP contribution in [0.1, 0.15) is 34.7 Å². The lowest BCUT2D eigenvalue weighted by atomic mass is 9.80. The average molecular weight is 653 g/mol. The highest BCUT2D eigenvalue weighted by atomic mass is 32.2. The molecule has 12 nitrogen and oxygen atoms in total. The summed E-state index contributed by atoms with van der Waals surface area (Å²) in [6, 6.07) is 2.37. The van der Waals surface area contributed by atoms with Crippen LogP contribution in [0.15, 0.2) is 27.3 Å². The molecule has 0 atom stereocenters. The van der Waals surface area contributed by atoms with Crippen molar-refractivity contribution >= 4 is 59.3 Å². The summed E-state index contributed by atoms with van der Waals surface area (Å²) in [6.07, 6.45) is 1.74. The van der Waals surface area contributed by atoms with Gasteiger partial charge in [0.1, 0.15) is 5.75 Å². The van der Waals surface area contributed by atoms with Crippen molar-refractivity contribution in [3.63, 3.8) is 0 Å². The third kappa shape index (κ3) is 4.82. The van der Waals surface area contributed by atoms with E-state index in [0.29, 0.717) is 38.1 Å². The van der Waals surface area contributed by atoms with E-state index in [1.807, 2.05) is 6.92 Å². The Hall–Kier alpha value is -4.11. The van der Waals surface area contributed by atoms with E-state index in [-0.39, 0.29) is 83.6 Å². The third-order valence-electron chi connectivity index (χ3n) is 8.61. The van der Waals surface area contributed by atoms with Crippen molar-refractivity contribution in [2.75, 3.05) is 39.3 Å². The fourth-order valence-electron chi connectivity index (χ4n) is 6.88. The second kappa shape index (κ2) is 11.9. The second-order valence-electron chi connectivity index (χ2n) is 11.3. The minimum Gasteiger partial charge on any atom is -0.507 e. The molecule has 0 radical (unpaired) electrons. The smallest absolute Gasteiger partial charge is 0.267 e. The van der Waals surface area contributed by atoms with Gasteiger partial charge in [-0.25, -0.2) is 0 Å². The maximum Gasteiger partial charge on any atom is 0.267 e. The Morgan fingerprint density at radius 2 is 1.39 bits per heavy atom. The first kappa shape index (κ1) is 31.9. The van der Waals surface area contributed by atoms with Crippen LogP contribution in [-0.4, -0.2) is 73.2 Å². The topological polar surface area (TPSA) is 197 Å². The van der Waals surface area contributed by atoms with E-state index in [9.17, 15) is 38.4 Å². The fraction of sp³-hybridized carbons (Fsp3) is 0.333. The number of phenols is 2. The molecule has 5 aromatic carbocycles. The molecule has 0 spiro atoms. The number of fused-ring (bicyclic) bond motifs is 1. The van der Waals surface area contributed by atoms with E-state index in [4.69, 9.17) is 18.8 Å². The van der Waals surface area contributed by atoms with Crippen LogP contribution in [0.4, 0.5) is 0 Å². The molecule has 242 valence electrons. The van der Waals surface area contributed by atoms with Crippen LogP contribution in [0.25, 0.3) is 49.2 Å². The molecule has 1 aliphatic carbocycles. The number of phenolic OH excluding ortho intramolecular Hbond substituents is 2. The number of aliphatic hydroxyl groups is 3. The summed E-state index contributed by atoms with van der Waals surface area (Å²) in [5.41, 5.74) is 0.995. The van der Waals surface area contributed by atoms with Crippen LogP contribution in [0.2, 0.25) is 0 Å². The van der Waals surface area contributed by atoms with Gasteiger partial charge in [-0.15, -0.1) is 0 Å². The van der Waals surface area contributed by atoms with E-state index in [2.05, 4.69) is 0 Å². The molecule has 5 aromatic rings. The molecule has 5 N–H and O–H groups in total. The molecule has 6 rings (SSSR count). The first-order chi connectivity index (χ1) is 22.0. The number of rotatable bonds is 12. The minimum atomic E-state index is -4.13. The number of benzene rings is 5. The summed E-state index contributed by atoms with van der Waals surface area (Å²) in [6.45, 7) is 0.113. The Kier molecular flexibility index (Phi) is 8.25. The third-order valence-corrected chi connectivity index (χ3v) is 9.84. The van der Waals surface area contributed by atoms with Crippen molar-refractivity contribution < 1.29 is 47.6 Å². The van der Waals surface area contributed by atoms with Crippen LogP contribution in [0.5, 0.6) is 17.2 Å². The number of aromatic hydroxyl groups is 2. The van der Waals surface area contributed by atoms with Gasteiger partial charge in [0.05, 0.1) is 63.3 Å². The standard InChI is InChI=1S/C33H32O12S/c1-15-9-19-18(3-8-46(41,42)45-7-6-44-5-4-34)31(39)27-21(37)11-16(13-35)23-24-17(14-36)12-22(38)28-30(24)26(25(19)29(23)27)20(10-15)33(43-2)32(28)40/h9,11-12,34-36,39-40H,3-8,10,13-14H2,1-2H3. The fourth-order valence-corrected chi connectivity index (χ4v) is 7.78. The average Bonchev–Trinajstić information content (AvgIpc) is 3.16. The molecule has 0 heterocycles. The zero-order chi connectivity index (χ0) is 33.1. The van der Waals surface area contributed by atoms with Crippen molar-refractivity contribution in [1.29, 1.82) is 0 Å². The zero-order valence-corrected chi connectivity index (χ0v) is 25.9. The maximum atomic E-state index is 13.7. The van der Waals surface area contributed by atoms with Crippen LogP contribution >= 0.6 is 0 Å². The van der Waals surface area contributed by atoms with Gasteiger partial charge in [-0.1, -0.05) is 11.6 Å². The van der Waals surface area contributed by atoms with Gasteiger partial charge in [0.15, 0.2) is 22.4 Å². The summed E-state index contributed by atoms with van der Waals surface area (Å²) in [4.78, 5) is 27.2. The van der Waals surface area contributed by atoms with E-state index in [1.54, 1.807) is 6.08 Å². The molecule has 0 fully saturated rings. The van der Waals surface area contributed by atoms with Crippen molar-refractivity contribution in [3.8, 4) is 17.2 Å². The van der Waals surface area contributed by atoms with Gasteiger partial charge in [0, 0.05) is 21.9 Å². The number of allylic oxidation sites excluding steroid dienone is 1. The minimum absolute atomic E-state index is 0.0256. The van der Waals surface area contributed by atoms with E-state index in [0.717, 1.165) is 5.57 Å². The summed E-state index contributed by atoms with van der Waals surface area (Å²) >= 11 is 0. The molecule has 1 aliphatic rings. The Morgan fingerprint density at radius 3 is 1.98 bits per heavy atom. The highest BCUT2D eigenvalue weighted by molar-refractivity contribution is 7.86. The molecular formula is C33H32O12S. The summed E-state index contributed by atoms with van der Waals surface area (Å²) in [5.74, 6) is -1.33. The molecule has 0 saturated carbocycles. The van der Waals surface area contributed by atoms with E-state index >= 15 is 0 Å². The lowest BCUT2D eigenvalue weighted by Gasteiger charge is -2.24. The Labute approximate surface area is 262 Å². The highest BCUT2D eigenvalue weighted by Crippen LogP contribution is 2.53. The monoisotopic (exact) mass is 652 g/mol. The van der Waals surface area contributed by atoms with Gasteiger partial charge in [-0.3, -0.25) is 13.8 Å². The summed E-state index contributed by atoms with van der Waals surface area (Å²) in [5, 5.41) is 54.8. The summed E-state index contributed by atoms with van der Waals surface area (Å²) < 4.78 is 41.5. The number of methoxy groups -OCH3 is 1. The molecule has 0 amide bonds. The first-order valence-corrected chi connectivity index (χ1v) is 16.1. The van der Waals surface area contributed by atoms with Gasteiger partial charge >= 0.3 is 0 Å². The normalized spacial score (nSPS) is 13.5. The van der Waals surface area contributed by atoms with Gasteiger partial charge in [0.25, 0.3) is 10.1 Å². The first-order valence-electron chi connectivity index (χ1n) is 14.6. The molecule has 13 heteroatoms. The van der Waals surface area contributed by atoms with Crippen molar-refractivity contribution in [2.24, 2.45) is 0 Å². The van der Waals surface area contributed by atoms with Crippen LogP contribution in [0.3, 0.4) is 0 Å². The van der Waals surface area contributed by atoms with Gasteiger partial charge in [0.2, 0.25) is 0 Å². The predicted molar refractivity (Wildman–Crippen MR) is 172 cm³/mol. The SMILES string of the molecule is COc1c(O)c2c(=O)cc(CO)c3c4c(CO)cc(=O)c5c(O)c(CCS(=O)(=O)OCCOCCO)c6c(c(c1CC(C)=C6)c23)c54. The largest absolute Gasteiger partial charge is 0.507 e. The molecule has 0 saturated heterocycles. The van der Waals surface area contributed by atoms with Gasteiger partial charge < -0.3 is 35.0 Å². The quantitative estimate of drug-likeness (QED) is 0.0571. The molecule has 0 unspecified atom stereocenters. The van der Waals surface area contributed by atoms with E-state index < -0.39 is 45.7 Å². The van der Waals surface area contributed by atoms with E-state index in [1.165, 1.54) is 19.2 Å².